The first-order chi connectivity index (χ1) is 12.0. The molecule has 6 nitrogen and oxygen atoms in total. The SMILES string of the molecule is Cc1nc2cc(Nc3nccc4c([N+](=O)[O-])c(C)ccc34)ccc2s1. The van der Waals surface area contributed by atoms with Gasteiger partial charge in [-0.25, -0.2) is 9.97 Å². The number of pyridine rings is 1. The number of nitro groups is 1. The van der Waals surface area contributed by atoms with Crippen LogP contribution in [0.1, 0.15) is 10.6 Å². The number of nitrogens with zero attached hydrogens (tertiary/aromatic N) is 3. The molecule has 4 rings (SSSR count). The zero-order valence-corrected chi connectivity index (χ0v) is 14.4. The monoisotopic (exact) mass is 350 g/mol. The maximum absolute atomic E-state index is 11.4. The first-order valence-corrected chi connectivity index (χ1v) is 8.51. The number of fused-ring (bicyclic) bond motifs is 2. The molecule has 0 aliphatic heterocycles. The van der Waals surface area contributed by atoms with Crippen LogP contribution in [-0.2, 0) is 0 Å². The third kappa shape index (κ3) is 2.68. The standard InChI is InChI=1S/C18H14N4O2S/c1-10-3-5-14-13(17(10)22(23)24)7-8-19-18(14)21-12-4-6-16-15(9-12)20-11(2)25-16/h3-9H,1-2H3,(H,19,21). The van der Waals surface area contributed by atoms with Crippen LogP contribution in [0.5, 0.6) is 0 Å². The Balaban J connectivity index is 1.83. The molecule has 7 heteroatoms. The van der Waals surface area contributed by atoms with Crippen molar-refractivity contribution in [3.63, 3.8) is 0 Å². The fourth-order valence-corrected chi connectivity index (χ4v) is 3.75. The number of anilines is 2. The maximum Gasteiger partial charge on any atom is 0.280 e. The molecule has 0 saturated heterocycles. The lowest BCUT2D eigenvalue weighted by molar-refractivity contribution is -0.383. The van der Waals surface area contributed by atoms with E-state index in [0.717, 1.165) is 20.9 Å². The van der Waals surface area contributed by atoms with Crippen LogP contribution in [0.25, 0.3) is 21.0 Å². The number of nitro benzene ring substituents is 1. The first-order valence-electron chi connectivity index (χ1n) is 7.70. The summed E-state index contributed by atoms with van der Waals surface area (Å²) in [6, 6.07) is 11.2. The predicted octanol–water partition coefficient (Wildman–Crippen LogP) is 5.11. The number of rotatable bonds is 3. The minimum absolute atomic E-state index is 0.119. The maximum atomic E-state index is 11.4. The average molecular weight is 350 g/mol. The third-order valence-corrected chi connectivity index (χ3v) is 5.01. The van der Waals surface area contributed by atoms with Crippen molar-refractivity contribution in [1.82, 2.24) is 9.97 Å². The summed E-state index contributed by atoms with van der Waals surface area (Å²) in [6.07, 6.45) is 1.59. The van der Waals surface area contributed by atoms with Crippen LogP contribution in [0.2, 0.25) is 0 Å². The number of hydrogen-bond donors (Lipinski definition) is 1. The van der Waals surface area contributed by atoms with Crippen LogP contribution >= 0.6 is 11.3 Å². The lowest BCUT2D eigenvalue weighted by Gasteiger charge is -2.10. The van der Waals surface area contributed by atoms with E-state index in [2.05, 4.69) is 15.3 Å². The van der Waals surface area contributed by atoms with E-state index in [9.17, 15) is 10.1 Å². The summed E-state index contributed by atoms with van der Waals surface area (Å²) in [5.74, 6) is 0.590. The number of aryl methyl sites for hydroxylation is 2. The van der Waals surface area contributed by atoms with E-state index >= 15 is 0 Å². The van der Waals surface area contributed by atoms with E-state index in [1.807, 2.05) is 31.2 Å². The molecule has 0 atom stereocenters. The third-order valence-electron chi connectivity index (χ3n) is 4.06. The molecule has 0 aliphatic rings. The van der Waals surface area contributed by atoms with Crippen molar-refractivity contribution < 1.29 is 4.92 Å². The summed E-state index contributed by atoms with van der Waals surface area (Å²) < 4.78 is 1.13. The Bertz CT molecular complexity index is 1140. The number of thiazole rings is 1. The zero-order chi connectivity index (χ0) is 17.6. The summed E-state index contributed by atoms with van der Waals surface area (Å²) >= 11 is 1.65. The van der Waals surface area contributed by atoms with Crippen molar-refractivity contribution in [3.05, 3.63) is 63.3 Å². The van der Waals surface area contributed by atoms with Gasteiger partial charge in [-0.15, -0.1) is 11.3 Å². The van der Waals surface area contributed by atoms with Crippen molar-refractivity contribution in [1.29, 1.82) is 0 Å². The molecule has 2 aromatic heterocycles. The molecule has 2 aromatic carbocycles. The Morgan fingerprint density at radius 2 is 1.96 bits per heavy atom. The van der Waals surface area contributed by atoms with Gasteiger partial charge in [0.05, 0.1) is 25.5 Å². The van der Waals surface area contributed by atoms with E-state index in [0.29, 0.717) is 22.2 Å². The van der Waals surface area contributed by atoms with Gasteiger partial charge in [-0.1, -0.05) is 6.07 Å². The molecule has 0 spiro atoms. The first kappa shape index (κ1) is 15.5. The van der Waals surface area contributed by atoms with Crippen LogP contribution in [-0.4, -0.2) is 14.9 Å². The summed E-state index contributed by atoms with van der Waals surface area (Å²) in [5.41, 5.74) is 2.53. The molecule has 1 N–H and O–H groups in total. The lowest BCUT2D eigenvalue weighted by Crippen LogP contribution is -1.98. The number of aromatic nitrogens is 2. The molecule has 0 saturated carbocycles. The molecule has 25 heavy (non-hydrogen) atoms. The molecule has 124 valence electrons. The largest absolute Gasteiger partial charge is 0.340 e. The number of benzene rings is 2. The van der Waals surface area contributed by atoms with Crippen LogP contribution in [0.3, 0.4) is 0 Å². The van der Waals surface area contributed by atoms with E-state index in [4.69, 9.17) is 0 Å². The van der Waals surface area contributed by atoms with Crippen molar-refractivity contribution in [2.75, 3.05) is 5.32 Å². The zero-order valence-electron chi connectivity index (χ0n) is 13.6. The van der Waals surface area contributed by atoms with Gasteiger partial charge >= 0.3 is 0 Å². The molecule has 0 bridgehead atoms. The van der Waals surface area contributed by atoms with Crippen molar-refractivity contribution in [2.45, 2.75) is 13.8 Å². The molecule has 2 heterocycles. The fraction of sp³-hybridized carbons (Fsp3) is 0.111. The fourth-order valence-electron chi connectivity index (χ4n) is 2.95. The van der Waals surface area contributed by atoms with Crippen molar-refractivity contribution in [3.8, 4) is 0 Å². The van der Waals surface area contributed by atoms with Crippen molar-refractivity contribution in [2.24, 2.45) is 0 Å². The quantitative estimate of drug-likeness (QED) is 0.410. The average Bonchev–Trinajstić information content (AvgIpc) is 2.93. The normalized spacial score (nSPS) is 11.1. The van der Waals surface area contributed by atoms with Crippen LogP contribution in [0.4, 0.5) is 17.2 Å². The van der Waals surface area contributed by atoms with Gasteiger partial charge in [0.1, 0.15) is 5.82 Å². The molecule has 0 amide bonds. The van der Waals surface area contributed by atoms with Gasteiger partial charge in [0.2, 0.25) is 0 Å². The van der Waals surface area contributed by atoms with Gasteiger partial charge in [0.25, 0.3) is 5.69 Å². The van der Waals surface area contributed by atoms with E-state index < -0.39 is 0 Å². The van der Waals surface area contributed by atoms with E-state index in [1.165, 1.54) is 0 Å². The second kappa shape index (κ2) is 5.78. The minimum Gasteiger partial charge on any atom is -0.340 e. The van der Waals surface area contributed by atoms with Gasteiger partial charge in [-0.05, 0) is 44.2 Å². The molecule has 0 fully saturated rings. The lowest BCUT2D eigenvalue weighted by atomic mass is 10.1. The number of nitrogens with one attached hydrogen (secondary N) is 1. The van der Waals surface area contributed by atoms with Crippen LogP contribution in [0.15, 0.2) is 42.6 Å². The molecule has 0 radical (unpaired) electrons. The summed E-state index contributed by atoms with van der Waals surface area (Å²) in [5, 5.41) is 17.0. The summed E-state index contributed by atoms with van der Waals surface area (Å²) in [7, 11) is 0. The van der Waals surface area contributed by atoms with Gasteiger partial charge < -0.3 is 5.32 Å². The minimum atomic E-state index is -0.342. The molecule has 4 aromatic rings. The van der Waals surface area contributed by atoms with Gasteiger partial charge in [0.15, 0.2) is 0 Å². The topological polar surface area (TPSA) is 81.0 Å². The Morgan fingerprint density at radius 3 is 2.76 bits per heavy atom. The van der Waals surface area contributed by atoms with Crippen LogP contribution < -0.4 is 5.32 Å². The molecule has 0 aliphatic carbocycles. The van der Waals surface area contributed by atoms with Gasteiger partial charge in [0, 0.05) is 22.8 Å². The number of hydrogen-bond acceptors (Lipinski definition) is 6. The Morgan fingerprint density at radius 1 is 1.12 bits per heavy atom. The highest BCUT2D eigenvalue weighted by atomic mass is 32.1. The highest BCUT2D eigenvalue weighted by molar-refractivity contribution is 7.18. The van der Waals surface area contributed by atoms with E-state index in [1.54, 1.807) is 36.6 Å². The summed E-state index contributed by atoms with van der Waals surface area (Å²) in [6.45, 7) is 3.72. The highest BCUT2D eigenvalue weighted by Crippen LogP contribution is 2.34. The predicted molar refractivity (Wildman–Crippen MR) is 101 cm³/mol. The molecular formula is C18H14N4O2S. The van der Waals surface area contributed by atoms with Gasteiger partial charge in [-0.2, -0.15) is 0 Å². The summed E-state index contributed by atoms with van der Waals surface area (Å²) in [4.78, 5) is 19.9. The second-order valence-electron chi connectivity index (χ2n) is 5.78. The Kier molecular flexibility index (Phi) is 3.58. The smallest absolute Gasteiger partial charge is 0.280 e. The van der Waals surface area contributed by atoms with Crippen molar-refractivity contribution >= 4 is 49.5 Å². The highest BCUT2D eigenvalue weighted by Gasteiger charge is 2.17. The van der Waals surface area contributed by atoms with Gasteiger partial charge in [-0.3, -0.25) is 10.1 Å². The van der Waals surface area contributed by atoms with Crippen LogP contribution in [0, 0.1) is 24.0 Å². The Labute approximate surface area is 147 Å². The molecule has 0 unspecified atom stereocenters. The second-order valence-corrected chi connectivity index (χ2v) is 7.02. The molecular weight excluding hydrogens is 336 g/mol. The van der Waals surface area contributed by atoms with E-state index in [-0.39, 0.29) is 10.6 Å². The Hall–Kier alpha value is -3.06.